The molecule has 136 valence electrons. The minimum Gasteiger partial charge on any atom is -0.351 e. The summed E-state index contributed by atoms with van der Waals surface area (Å²) in [6.07, 6.45) is 3.88. The van der Waals surface area contributed by atoms with Gasteiger partial charge in [-0.15, -0.1) is 0 Å². The number of rotatable bonds is 6. The van der Waals surface area contributed by atoms with Crippen molar-refractivity contribution in [1.82, 2.24) is 15.2 Å². The van der Waals surface area contributed by atoms with E-state index in [1.807, 2.05) is 0 Å². The smallest absolute Gasteiger partial charge is 0.326 e. The standard InChI is InChI=1S/C18H19FN4O2S/c19-14-3-1-2-13(8-14)11-22-6-7-23(18(22)25)17-21-10-15(26-17)16(24)20-9-12-4-5-12/h1-3,8,10,12H,4-7,9,11H2,(H,20,24). The van der Waals surface area contributed by atoms with Crippen LogP contribution in [0.4, 0.5) is 14.3 Å². The zero-order valence-electron chi connectivity index (χ0n) is 14.2. The van der Waals surface area contributed by atoms with Gasteiger partial charge >= 0.3 is 6.03 Å². The number of thiazole rings is 1. The van der Waals surface area contributed by atoms with Crippen LogP contribution in [0.5, 0.6) is 0 Å². The van der Waals surface area contributed by atoms with Crippen LogP contribution in [0.1, 0.15) is 28.1 Å². The molecular weight excluding hydrogens is 355 g/mol. The van der Waals surface area contributed by atoms with Crippen molar-refractivity contribution >= 4 is 28.4 Å². The first-order chi connectivity index (χ1) is 12.6. The second kappa shape index (κ2) is 7.03. The predicted octanol–water partition coefficient (Wildman–Crippen LogP) is 2.86. The molecule has 1 aromatic carbocycles. The van der Waals surface area contributed by atoms with Crippen molar-refractivity contribution in [3.05, 3.63) is 46.7 Å². The number of urea groups is 1. The van der Waals surface area contributed by atoms with Gasteiger partial charge in [-0.2, -0.15) is 0 Å². The first-order valence-corrected chi connectivity index (χ1v) is 9.47. The van der Waals surface area contributed by atoms with Gasteiger partial charge in [-0.25, -0.2) is 14.2 Å². The summed E-state index contributed by atoms with van der Waals surface area (Å²) < 4.78 is 13.3. The third kappa shape index (κ3) is 3.70. The molecule has 1 aliphatic heterocycles. The molecule has 0 bridgehead atoms. The fourth-order valence-corrected chi connectivity index (χ4v) is 3.76. The first-order valence-electron chi connectivity index (χ1n) is 8.65. The van der Waals surface area contributed by atoms with Gasteiger partial charge in [0.15, 0.2) is 5.13 Å². The van der Waals surface area contributed by atoms with Crippen molar-refractivity contribution in [2.24, 2.45) is 5.92 Å². The Morgan fingerprint density at radius 3 is 2.96 bits per heavy atom. The molecule has 2 heterocycles. The summed E-state index contributed by atoms with van der Waals surface area (Å²) in [7, 11) is 0. The fourth-order valence-electron chi connectivity index (χ4n) is 2.90. The number of hydrogen-bond donors (Lipinski definition) is 1. The van der Waals surface area contributed by atoms with Crippen LogP contribution in [0.2, 0.25) is 0 Å². The molecule has 4 rings (SSSR count). The molecule has 26 heavy (non-hydrogen) atoms. The maximum absolute atomic E-state index is 13.3. The molecule has 0 unspecified atom stereocenters. The van der Waals surface area contributed by atoms with Gasteiger partial charge in [-0.1, -0.05) is 23.5 Å². The van der Waals surface area contributed by atoms with E-state index in [0.29, 0.717) is 42.1 Å². The van der Waals surface area contributed by atoms with Crippen LogP contribution in [-0.2, 0) is 6.54 Å². The summed E-state index contributed by atoms with van der Waals surface area (Å²) in [6, 6.07) is 6.07. The van der Waals surface area contributed by atoms with Crippen molar-refractivity contribution < 1.29 is 14.0 Å². The monoisotopic (exact) mass is 374 g/mol. The van der Waals surface area contributed by atoms with Gasteiger partial charge in [0.1, 0.15) is 10.7 Å². The van der Waals surface area contributed by atoms with Crippen LogP contribution in [0.3, 0.4) is 0 Å². The Morgan fingerprint density at radius 1 is 1.35 bits per heavy atom. The number of nitrogens with one attached hydrogen (secondary N) is 1. The lowest BCUT2D eigenvalue weighted by molar-refractivity contribution is 0.0955. The normalized spacial score (nSPS) is 17.0. The zero-order valence-corrected chi connectivity index (χ0v) is 15.0. The summed E-state index contributed by atoms with van der Waals surface area (Å²) in [4.78, 5) is 32.7. The van der Waals surface area contributed by atoms with Crippen LogP contribution >= 0.6 is 11.3 Å². The summed E-state index contributed by atoms with van der Waals surface area (Å²) in [5, 5.41) is 3.43. The highest BCUT2D eigenvalue weighted by Gasteiger charge is 2.32. The third-order valence-electron chi connectivity index (χ3n) is 4.55. The second-order valence-corrected chi connectivity index (χ2v) is 7.66. The number of carbonyl (C=O) groups excluding carboxylic acids is 2. The Balaban J connectivity index is 1.39. The minimum atomic E-state index is -0.312. The van der Waals surface area contributed by atoms with Gasteiger partial charge in [0.25, 0.3) is 5.91 Å². The number of aromatic nitrogens is 1. The summed E-state index contributed by atoms with van der Waals surface area (Å²) in [6.45, 7) is 2.10. The van der Waals surface area contributed by atoms with E-state index in [2.05, 4.69) is 10.3 Å². The lowest BCUT2D eigenvalue weighted by atomic mass is 10.2. The third-order valence-corrected chi connectivity index (χ3v) is 5.57. The molecule has 0 atom stereocenters. The number of hydrogen-bond acceptors (Lipinski definition) is 4. The maximum atomic E-state index is 13.3. The molecular formula is C18H19FN4O2S. The van der Waals surface area contributed by atoms with E-state index in [1.165, 1.54) is 42.5 Å². The molecule has 2 fully saturated rings. The van der Waals surface area contributed by atoms with Gasteiger partial charge in [0, 0.05) is 26.2 Å². The van der Waals surface area contributed by atoms with Crippen LogP contribution in [0.25, 0.3) is 0 Å². The van der Waals surface area contributed by atoms with Crippen molar-refractivity contribution in [3.8, 4) is 0 Å². The Morgan fingerprint density at radius 2 is 2.19 bits per heavy atom. The van der Waals surface area contributed by atoms with Crippen molar-refractivity contribution in [1.29, 1.82) is 0 Å². The number of carbonyl (C=O) groups is 2. The van der Waals surface area contributed by atoms with E-state index in [1.54, 1.807) is 21.9 Å². The number of halogens is 1. The molecule has 3 amide bonds. The zero-order chi connectivity index (χ0) is 18.1. The molecule has 1 aliphatic carbocycles. The van der Waals surface area contributed by atoms with Crippen LogP contribution in [0, 0.1) is 11.7 Å². The lowest BCUT2D eigenvalue weighted by Crippen LogP contribution is -2.31. The molecule has 0 spiro atoms. The van der Waals surface area contributed by atoms with Crippen LogP contribution in [0.15, 0.2) is 30.5 Å². The van der Waals surface area contributed by atoms with Crippen LogP contribution in [-0.4, -0.2) is 41.5 Å². The van der Waals surface area contributed by atoms with E-state index >= 15 is 0 Å². The van der Waals surface area contributed by atoms with Gasteiger partial charge < -0.3 is 10.2 Å². The lowest BCUT2D eigenvalue weighted by Gasteiger charge is -2.16. The SMILES string of the molecule is O=C(NCC1CC1)c1cnc(N2CCN(Cc3cccc(F)c3)C2=O)s1. The molecule has 1 N–H and O–H groups in total. The highest BCUT2D eigenvalue weighted by atomic mass is 32.1. The average Bonchev–Trinajstić information content (AvgIpc) is 3.21. The maximum Gasteiger partial charge on any atom is 0.326 e. The number of amides is 3. The second-order valence-electron chi connectivity index (χ2n) is 6.65. The van der Waals surface area contributed by atoms with E-state index in [9.17, 15) is 14.0 Å². The Bertz CT molecular complexity index is 836. The molecule has 6 nitrogen and oxygen atoms in total. The fraction of sp³-hybridized carbons (Fsp3) is 0.389. The number of benzene rings is 1. The first kappa shape index (κ1) is 17.0. The topological polar surface area (TPSA) is 65.5 Å². The summed E-state index contributed by atoms with van der Waals surface area (Å²) in [5.41, 5.74) is 0.750. The van der Waals surface area contributed by atoms with Crippen molar-refractivity contribution in [3.63, 3.8) is 0 Å². The molecule has 1 saturated heterocycles. The minimum absolute atomic E-state index is 0.135. The van der Waals surface area contributed by atoms with Crippen LogP contribution < -0.4 is 10.2 Å². The van der Waals surface area contributed by atoms with Crippen molar-refractivity contribution in [2.45, 2.75) is 19.4 Å². The highest BCUT2D eigenvalue weighted by Crippen LogP contribution is 2.29. The van der Waals surface area contributed by atoms with E-state index < -0.39 is 0 Å². The predicted molar refractivity (Wildman–Crippen MR) is 96.7 cm³/mol. The van der Waals surface area contributed by atoms with Gasteiger partial charge in [-0.3, -0.25) is 9.69 Å². The molecule has 1 aromatic heterocycles. The highest BCUT2D eigenvalue weighted by molar-refractivity contribution is 7.17. The Hall–Kier alpha value is -2.48. The van der Waals surface area contributed by atoms with E-state index in [0.717, 1.165) is 5.56 Å². The molecule has 1 saturated carbocycles. The number of anilines is 1. The Kier molecular flexibility index (Phi) is 4.58. The average molecular weight is 374 g/mol. The largest absolute Gasteiger partial charge is 0.351 e. The van der Waals surface area contributed by atoms with E-state index in [-0.39, 0.29) is 17.8 Å². The molecule has 2 aliphatic rings. The quantitative estimate of drug-likeness (QED) is 0.846. The molecule has 2 aromatic rings. The number of nitrogens with zero attached hydrogens (tertiary/aromatic N) is 3. The van der Waals surface area contributed by atoms with E-state index in [4.69, 9.17) is 0 Å². The Labute approximate surface area is 154 Å². The summed E-state index contributed by atoms with van der Waals surface area (Å²) in [5.74, 6) is 0.166. The van der Waals surface area contributed by atoms with Gasteiger partial charge in [0.05, 0.1) is 6.20 Å². The van der Waals surface area contributed by atoms with Gasteiger partial charge in [0.2, 0.25) is 0 Å². The van der Waals surface area contributed by atoms with Crippen molar-refractivity contribution in [2.75, 3.05) is 24.5 Å². The molecule has 8 heteroatoms. The molecule has 0 radical (unpaired) electrons. The van der Waals surface area contributed by atoms with Gasteiger partial charge in [-0.05, 0) is 36.5 Å². The summed E-state index contributed by atoms with van der Waals surface area (Å²) >= 11 is 1.22.